The number of likely N-dealkylation sites (tertiary alicyclic amines) is 1. The van der Waals surface area contributed by atoms with Crippen molar-refractivity contribution in [1.82, 2.24) is 13.8 Å². The average molecular weight is 462 g/mol. The normalized spacial score (nSPS) is 24.4. The van der Waals surface area contributed by atoms with Crippen molar-refractivity contribution in [2.24, 2.45) is 5.92 Å². The largest absolute Gasteiger partial charge is 0.348 e. The summed E-state index contributed by atoms with van der Waals surface area (Å²) in [5.74, 6) is -0.773. The molecule has 0 aliphatic carbocycles. The second-order valence-electron chi connectivity index (χ2n) is 8.96. The van der Waals surface area contributed by atoms with Crippen molar-refractivity contribution in [3.63, 3.8) is 0 Å². The van der Waals surface area contributed by atoms with Crippen LogP contribution < -0.4 is 0 Å². The van der Waals surface area contributed by atoms with Crippen LogP contribution >= 0.6 is 0 Å². The summed E-state index contributed by atoms with van der Waals surface area (Å²) in [6.45, 7) is 5.98. The summed E-state index contributed by atoms with van der Waals surface area (Å²) in [5, 5.41) is 0.913. The molecule has 0 N–H and O–H groups in total. The molecule has 174 valence electrons. The molecule has 9 heteroatoms. The fraction of sp³-hybridized carbons (Fsp3) is 0.609. The topological polar surface area (TPSA) is 81.1 Å². The zero-order chi connectivity index (χ0) is 22.3. The van der Waals surface area contributed by atoms with Crippen LogP contribution in [0.15, 0.2) is 35.4 Å². The quantitative estimate of drug-likeness (QED) is 0.699. The highest BCUT2D eigenvalue weighted by Gasteiger charge is 2.42. The van der Waals surface area contributed by atoms with Crippen molar-refractivity contribution in [1.29, 1.82) is 0 Å². The van der Waals surface area contributed by atoms with E-state index < -0.39 is 15.8 Å². The Morgan fingerprint density at radius 2 is 1.88 bits per heavy atom. The van der Waals surface area contributed by atoms with Gasteiger partial charge in [0, 0.05) is 62.7 Å². The lowest BCUT2D eigenvalue weighted by Crippen LogP contribution is -2.51. The molecule has 5 rings (SSSR count). The number of ether oxygens (including phenoxy) is 2. The van der Waals surface area contributed by atoms with Crippen molar-refractivity contribution in [2.75, 3.05) is 39.4 Å². The summed E-state index contributed by atoms with van der Waals surface area (Å²) in [5.41, 5.74) is 1.02. The van der Waals surface area contributed by atoms with E-state index in [2.05, 4.69) is 11.5 Å². The number of nitrogens with zero attached hydrogens (tertiary/aromatic N) is 3. The van der Waals surface area contributed by atoms with Crippen LogP contribution in [0.1, 0.15) is 32.6 Å². The zero-order valence-corrected chi connectivity index (χ0v) is 19.3. The van der Waals surface area contributed by atoms with Crippen LogP contribution in [0.5, 0.6) is 0 Å². The smallest absolute Gasteiger partial charge is 0.243 e. The van der Waals surface area contributed by atoms with E-state index >= 15 is 0 Å². The van der Waals surface area contributed by atoms with Gasteiger partial charge < -0.3 is 18.9 Å². The Kier molecular flexibility index (Phi) is 5.77. The molecule has 1 amide bonds. The van der Waals surface area contributed by atoms with E-state index in [-0.39, 0.29) is 18.4 Å². The fourth-order valence-electron chi connectivity index (χ4n) is 5.24. The molecule has 1 atom stereocenters. The van der Waals surface area contributed by atoms with E-state index in [9.17, 15) is 13.2 Å². The van der Waals surface area contributed by atoms with Gasteiger partial charge in [0.25, 0.3) is 0 Å². The van der Waals surface area contributed by atoms with Crippen molar-refractivity contribution in [3.8, 4) is 0 Å². The molecule has 1 spiro atoms. The molecule has 3 fully saturated rings. The van der Waals surface area contributed by atoms with Gasteiger partial charge in [0.15, 0.2) is 5.79 Å². The number of rotatable bonds is 4. The third-order valence-electron chi connectivity index (χ3n) is 7.10. The lowest BCUT2D eigenvalue weighted by molar-refractivity contribution is -0.188. The summed E-state index contributed by atoms with van der Waals surface area (Å²) in [4.78, 5) is 15.3. The Morgan fingerprint density at radius 1 is 1.12 bits per heavy atom. The summed E-state index contributed by atoms with van der Waals surface area (Å²) in [7, 11) is -3.65. The number of carbonyl (C=O) groups excluding carboxylic acids is 1. The predicted molar refractivity (Wildman–Crippen MR) is 120 cm³/mol. The minimum absolute atomic E-state index is 0.0493. The number of sulfonamides is 1. The molecule has 2 aromatic rings. The summed E-state index contributed by atoms with van der Waals surface area (Å²) < 4.78 is 41.9. The second-order valence-corrected chi connectivity index (χ2v) is 10.9. The number of piperidine rings is 2. The number of amides is 1. The van der Waals surface area contributed by atoms with Gasteiger partial charge in [-0.15, -0.1) is 0 Å². The highest BCUT2D eigenvalue weighted by molar-refractivity contribution is 7.89. The maximum atomic E-state index is 13.4. The number of aromatic nitrogens is 1. The van der Waals surface area contributed by atoms with Gasteiger partial charge in [0.05, 0.1) is 24.0 Å². The molecule has 3 aliphatic heterocycles. The van der Waals surface area contributed by atoms with Crippen LogP contribution in [0.25, 0.3) is 10.9 Å². The van der Waals surface area contributed by atoms with Crippen molar-refractivity contribution < 1.29 is 22.7 Å². The van der Waals surface area contributed by atoms with Gasteiger partial charge >= 0.3 is 0 Å². The van der Waals surface area contributed by atoms with E-state index in [0.717, 1.165) is 23.9 Å². The van der Waals surface area contributed by atoms with Crippen LogP contribution in [0.3, 0.4) is 0 Å². The number of hydrogen-bond donors (Lipinski definition) is 0. The van der Waals surface area contributed by atoms with Crippen LogP contribution in [0.4, 0.5) is 0 Å². The van der Waals surface area contributed by atoms with Gasteiger partial charge in [-0.2, -0.15) is 4.31 Å². The molecule has 3 aliphatic rings. The molecule has 32 heavy (non-hydrogen) atoms. The van der Waals surface area contributed by atoms with Gasteiger partial charge in [-0.25, -0.2) is 8.42 Å². The van der Waals surface area contributed by atoms with E-state index in [4.69, 9.17) is 9.47 Å². The van der Waals surface area contributed by atoms with Crippen LogP contribution in [0.2, 0.25) is 0 Å². The van der Waals surface area contributed by atoms with Crippen molar-refractivity contribution in [3.05, 3.63) is 30.5 Å². The monoisotopic (exact) mass is 461 g/mol. The van der Waals surface area contributed by atoms with Crippen LogP contribution in [0, 0.1) is 5.92 Å². The first-order chi connectivity index (χ1) is 15.4. The highest BCUT2D eigenvalue weighted by Crippen LogP contribution is 2.33. The van der Waals surface area contributed by atoms with Gasteiger partial charge in [-0.05, 0) is 44.0 Å². The Hall–Kier alpha value is -1.94. The van der Waals surface area contributed by atoms with Gasteiger partial charge in [-0.3, -0.25) is 4.79 Å². The lowest BCUT2D eigenvalue weighted by Gasteiger charge is -2.40. The maximum absolute atomic E-state index is 13.4. The molecular weight excluding hydrogens is 430 g/mol. The number of aryl methyl sites for hydroxylation is 1. The maximum Gasteiger partial charge on any atom is 0.243 e. The van der Waals surface area contributed by atoms with E-state index in [1.54, 1.807) is 12.1 Å². The molecule has 1 aromatic carbocycles. The Morgan fingerprint density at radius 3 is 2.59 bits per heavy atom. The first-order valence-corrected chi connectivity index (χ1v) is 13.0. The van der Waals surface area contributed by atoms with Crippen LogP contribution in [-0.4, -0.2) is 73.3 Å². The molecule has 0 bridgehead atoms. The minimum Gasteiger partial charge on any atom is -0.348 e. The first kappa shape index (κ1) is 21.9. The second kappa shape index (κ2) is 8.44. The minimum atomic E-state index is -3.65. The van der Waals surface area contributed by atoms with Crippen molar-refractivity contribution in [2.45, 2.75) is 49.8 Å². The molecule has 8 nitrogen and oxygen atoms in total. The molecular formula is C23H31N3O5S. The van der Waals surface area contributed by atoms with E-state index in [1.807, 2.05) is 23.2 Å². The molecule has 3 saturated heterocycles. The standard InChI is InChI=1S/C23H31N3O5S/c1-2-24-11-7-18-16-20(5-6-21(18)24)32(28,29)26-10-3-4-19(17-26)22(27)25-12-8-23(9-13-25)30-14-15-31-23/h5-7,11,16,19H,2-4,8-10,12-15,17H2,1H3/t19-/m0/s1. The third kappa shape index (κ3) is 3.85. The summed E-state index contributed by atoms with van der Waals surface area (Å²) in [6.07, 6.45) is 4.73. The van der Waals surface area contributed by atoms with Crippen LogP contribution in [-0.2, 0) is 30.8 Å². The Balaban J connectivity index is 1.28. The number of carbonyl (C=O) groups is 1. The van der Waals surface area contributed by atoms with Gasteiger partial charge in [0.2, 0.25) is 15.9 Å². The number of benzene rings is 1. The fourth-order valence-corrected chi connectivity index (χ4v) is 6.80. The highest BCUT2D eigenvalue weighted by atomic mass is 32.2. The zero-order valence-electron chi connectivity index (χ0n) is 18.5. The third-order valence-corrected chi connectivity index (χ3v) is 8.97. The summed E-state index contributed by atoms with van der Waals surface area (Å²) in [6, 6.07) is 7.24. The molecule has 0 unspecified atom stereocenters. The van der Waals surface area contributed by atoms with Crippen molar-refractivity contribution >= 4 is 26.8 Å². The molecule has 1 aromatic heterocycles. The Bertz CT molecular complexity index is 1100. The molecule has 0 radical (unpaired) electrons. The summed E-state index contributed by atoms with van der Waals surface area (Å²) >= 11 is 0. The van der Waals surface area contributed by atoms with E-state index in [0.29, 0.717) is 57.0 Å². The van der Waals surface area contributed by atoms with Gasteiger partial charge in [-0.1, -0.05) is 0 Å². The first-order valence-electron chi connectivity index (χ1n) is 11.6. The predicted octanol–water partition coefficient (Wildman–Crippen LogP) is 2.43. The number of hydrogen-bond acceptors (Lipinski definition) is 5. The average Bonchev–Trinajstić information content (AvgIpc) is 3.45. The molecule has 0 saturated carbocycles. The SMILES string of the molecule is CCn1ccc2cc(S(=O)(=O)N3CCC[C@H](C(=O)N4CCC5(CC4)OCCO5)C3)ccc21. The Labute approximate surface area is 189 Å². The molecule has 4 heterocycles. The lowest BCUT2D eigenvalue weighted by atomic mass is 9.96. The number of fused-ring (bicyclic) bond motifs is 1. The van der Waals surface area contributed by atoms with E-state index in [1.165, 1.54) is 4.31 Å². The van der Waals surface area contributed by atoms with Gasteiger partial charge in [0.1, 0.15) is 0 Å².